The smallest absolute Gasteiger partial charge is 0.338 e. The lowest BCUT2D eigenvalue weighted by atomic mass is 9.82. The van der Waals surface area contributed by atoms with Crippen molar-refractivity contribution < 1.29 is 23.7 Å². The van der Waals surface area contributed by atoms with Crippen molar-refractivity contribution in [1.29, 1.82) is 0 Å². The summed E-state index contributed by atoms with van der Waals surface area (Å²) in [7, 11) is 3.82. The van der Waals surface area contributed by atoms with Gasteiger partial charge in [0, 0.05) is 46.8 Å². The first-order valence-corrected chi connectivity index (χ1v) is 14.0. The van der Waals surface area contributed by atoms with Gasteiger partial charge in [-0.1, -0.05) is 36.4 Å². The van der Waals surface area contributed by atoms with Crippen LogP contribution in [0.3, 0.4) is 0 Å². The summed E-state index contributed by atoms with van der Waals surface area (Å²) >= 11 is 0. The summed E-state index contributed by atoms with van der Waals surface area (Å²) in [5.41, 5.74) is 3.33. The van der Waals surface area contributed by atoms with Gasteiger partial charge >= 0.3 is 5.97 Å². The molecule has 0 N–H and O–H groups in total. The highest BCUT2D eigenvalue weighted by Gasteiger charge is 2.40. The molecule has 10 heteroatoms. The van der Waals surface area contributed by atoms with E-state index in [0.29, 0.717) is 34.7 Å². The quantitative estimate of drug-likeness (QED) is 0.398. The van der Waals surface area contributed by atoms with Crippen molar-refractivity contribution in [3.8, 4) is 17.4 Å². The number of nitrogens with zero attached hydrogens (tertiary/aromatic N) is 5. The third-order valence-corrected chi connectivity index (χ3v) is 7.63. The molecule has 1 saturated heterocycles. The molecule has 2 aromatic carbocycles. The third kappa shape index (κ3) is 5.27. The Morgan fingerprint density at radius 3 is 2.51 bits per heavy atom. The van der Waals surface area contributed by atoms with Crippen molar-refractivity contribution in [3.63, 3.8) is 0 Å². The zero-order valence-electron chi connectivity index (χ0n) is 23.9. The van der Waals surface area contributed by atoms with Crippen LogP contribution in [0.15, 0.2) is 59.9 Å². The average Bonchev–Trinajstić information content (AvgIpc) is 3.45. The molecule has 0 spiro atoms. The van der Waals surface area contributed by atoms with Crippen LogP contribution in [-0.4, -0.2) is 74.5 Å². The normalized spacial score (nSPS) is 18.1. The predicted octanol–water partition coefficient (Wildman–Crippen LogP) is 3.95. The molecule has 0 aliphatic carbocycles. The van der Waals surface area contributed by atoms with Crippen molar-refractivity contribution in [3.05, 3.63) is 76.6 Å². The molecule has 3 aliphatic rings. The van der Waals surface area contributed by atoms with Crippen LogP contribution in [0.25, 0.3) is 0 Å². The van der Waals surface area contributed by atoms with Crippen LogP contribution < -0.4 is 24.0 Å². The lowest BCUT2D eigenvalue weighted by molar-refractivity contribution is -0.139. The Morgan fingerprint density at radius 2 is 1.78 bits per heavy atom. The summed E-state index contributed by atoms with van der Waals surface area (Å²) in [5, 5.41) is 0. The second-order valence-corrected chi connectivity index (χ2v) is 10.5. The Balaban J connectivity index is 1.42. The van der Waals surface area contributed by atoms with E-state index in [0.717, 1.165) is 49.7 Å². The van der Waals surface area contributed by atoms with Crippen molar-refractivity contribution in [2.75, 3.05) is 63.5 Å². The number of benzene rings is 2. The van der Waals surface area contributed by atoms with Gasteiger partial charge < -0.3 is 28.7 Å². The largest absolute Gasteiger partial charge is 0.463 e. The van der Waals surface area contributed by atoms with E-state index in [1.807, 2.05) is 43.3 Å². The third-order valence-electron chi connectivity index (χ3n) is 7.63. The summed E-state index contributed by atoms with van der Waals surface area (Å²) in [6, 6.07) is 16.3. The van der Waals surface area contributed by atoms with Crippen LogP contribution >= 0.6 is 0 Å². The number of anilines is 2. The van der Waals surface area contributed by atoms with Gasteiger partial charge in [-0.25, -0.2) is 4.79 Å². The van der Waals surface area contributed by atoms with E-state index in [4.69, 9.17) is 28.9 Å². The fourth-order valence-corrected chi connectivity index (χ4v) is 5.60. The average molecular weight is 558 g/mol. The van der Waals surface area contributed by atoms with E-state index in [1.165, 1.54) is 5.56 Å². The van der Waals surface area contributed by atoms with E-state index < -0.39 is 11.9 Å². The zero-order chi connectivity index (χ0) is 28.5. The fourth-order valence-electron chi connectivity index (χ4n) is 5.60. The van der Waals surface area contributed by atoms with E-state index in [-0.39, 0.29) is 13.4 Å². The molecule has 10 nitrogen and oxygen atoms in total. The minimum absolute atomic E-state index is 0.163. The van der Waals surface area contributed by atoms with Crippen molar-refractivity contribution >= 4 is 17.7 Å². The van der Waals surface area contributed by atoms with E-state index in [1.54, 1.807) is 13.8 Å². The van der Waals surface area contributed by atoms with Crippen molar-refractivity contribution in [1.82, 2.24) is 14.9 Å². The van der Waals surface area contributed by atoms with Crippen LogP contribution in [0.5, 0.6) is 17.4 Å². The van der Waals surface area contributed by atoms with Crippen LogP contribution in [0.4, 0.5) is 11.8 Å². The lowest BCUT2D eigenvalue weighted by Crippen LogP contribution is -2.47. The Hall–Kier alpha value is -4.31. The number of ether oxygens (including phenoxy) is 4. The molecule has 1 atom stereocenters. The van der Waals surface area contributed by atoms with Crippen LogP contribution in [0.1, 0.15) is 36.5 Å². The summed E-state index contributed by atoms with van der Waals surface area (Å²) in [4.78, 5) is 29.9. The summed E-state index contributed by atoms with van der Waals surface area (Å²) in [6.45, 7) is 8.20. The first kappa shape index (κ1) is 26.9. The highest BCUT2D eigenvalue weighted by molar-refractivity contribution is 5.93. The Morgan fingerprint density at radius 1 is 1.02 bits per heavy atom. The minimum atomic E-state index is -0.513. The van der Waals surface area contributed by atoms with E-state index in [2.05, 4.69) is 34.1 Å². The van der Waals surface area contributed by atoms with Gasteiger partial charge in [0.15, 0.2) is 11.5 Å². The van der Waals surface area contributed by atoms with E-state index in [9.17, 15) is 4.79 Å². The summed E-state index contributed by atoms with van der Waals surface area (Å²) < 4.78 is 23.1. The van der Waals surface area contributed by atoms with Gasteiger partial charge in [-0.2, -0.15) is 9.97 Å². The van der Waals surface area contributed by atoms with Gasteiger partial charge in [-0.3, -0.25) is 4.90 Å². The van der Waals surface area contributed by atoms with Gasteiger partial charge in [0.05, 0.1) is 23.7 Å². The number of fused-ring (bicyclic) bond motifs is 2. The number of rotatable bonds is 7. The Bertz CT molecular complexity index is 1470. The number of carbonyl (C=O) groups is 1. The molecule has 214 valence electrons. The highest BCUT2D eigenvalue weighted by atomic mass is 16.7. The second kappa shape index (κ2) is 11.3. The molecule has 4 heterocycles. The molecule has 3 aromatic rings. The SMILES string of the molecule is CCOC(=O)C1=C(C)Oc2nc(N(C)C)nc(N3CCN(Cc4ccccc4)CC3)c2C1c1ccc2c(c1)OCO2. The van der Waals surface area contributed by atoms with Gasteiger partial charge in [0.2, 0.25) is 18.6 Å². The number of aromatic nitrogens is 2. The van der Waals surface area contributed by atoms with Gasteiger partial charge in [0.1, 0.15) is 11.6 Å². The second-order valence-electron chi connectivity index (χ2n) is 10.5. The molecule has 1 fully saturated rings. The van der Waals surface area contributed by atoms with Crippen molar-refractivity contribution in [2.45, 2.75) is 26.3 Å². The monoisotopic (exact) mass is 557 g/mol. The molecule has 3 aliphatic heterocycles. The maximum absolute atomic E-state index is 13.4. The molecule has 0 saturated carbocycles. The predicted molar refractivity (Wildman–Crippen MR) is 155 cm³/mol. The van der Waals surface area contributed by atoms with Gasteiger partial charge in [-0.15, -0.1) is 0 Å². The Kier molecular flexibility index (Phi) is 7.40. The molecule has 6 rings (SSSR count). The maximum Gasteiger partial charge on any atom is 0.338 e. The molecule has 1 unspecified atom stereocenters. The molecule has 0 bridgehead atoms. The number of carbonyl (C=O) groups excluding carboxylic acids is 1. The van der Waals surface area contributed by atoms with Gasteiger partial charge in [-0.05, 0) is 37.1 Å². The first-order chi connectivity index (χ1) is 19.9. The number of hydrogen-bond acceptors (Lipinski definition) is 10. The standard InChI is InChI=1S/C31H35N5O5/c1-5-38-30(37)25-20(2)41-29-27(26(25)22-11-12-23-24(17-22)40-19-39-23)28(32-31(33-29)34(3)4)36-15-13-35(14-16-36)18-21-9-7-6-8-10-21/h6-12,17,26H,5,13-16,18-19H2,1-4H3. The number of allylic oxidation sites excluding steroid dienone is 1. The molecule has 0 amide bonds. The highest BCUT2D eigenvalue weighted by Crippen LogP contribution is 2.49. The molecule has 41 heavy (non-hydrogen) atoms. The van der Waals surface area contributed by atoms with Crippen LogP contribution in [0.2, 0.25) is 0 Å². The maximum atomic E-state index is 13.4. The number of esters is 1. The summed E-state index contributed by atoms with van der Waals surface area (Å²) in [5.74, 6) is 2.58. The first-order valence-electron chi connectivity index (χ1n) is 14.0. The minimum Gasteiger partial charge on any atom is -0.463 e. The molecular formula is C31H35N5O5. The molecule has 0 radical (unpaired) electrons. The van der Waals surface area contributed by atoms with Gasteiger partial charge in [0.25, 0.3) is 0 Å². The topological polar surface area (TPSA) is 89.5 Å². The molecular weight excluding hydrogens is 522 g/mol. The molecule has 1 aromatic heterocycles. The Labute approximate surface area is 240 Å². The number of piperazine rings is 1. The summed E-state index contributed by atoms with van der Waals surface area (Å²) in [6.07, 6.45) is 0. The van der Waals surface area contributed by atoms with Crippen LogP contribution in [0, 0.1) is 0 Å². The van der Waals surface area contributed by atoms with Crippen LogP contribution in [-0.2, 0) is 16.1 Å². The fraction of sp³-hybridized carbons (Fsp3) is 0.387. The zero-order valence-corrected chi connectivity index (χ0v) is 23.9. The van der Waals surface area contributed by atoms with Crippen molar-refractivity contribution in [2.24, 2.45) is 0 Å². The number of hydrogen-bond donors (Lipinski definition) is 0. The van der Waals surface area contributed by atoms with E-state index >= 15 is 0 Å². The lowest BCUT2D eigenvalue weighted by Gasteiger charge is -2.38.